The van der Waals surface area contributed by atoms with Crippen molar-refractivity contribution in [2.45, 2.75) is 43.0 Å². The second-order valence-corrected chi connectivity index (χ2v) is 10.1. The molecule has 2 N–H and O–H groups in total. The van der Waals surface area contributed by atoms with Gasteiger partial charge in [-0.05, 0) is 36.8 Å². The third-order valence-corrected chi connectivity index (χ3v) is 7.77. The maximum absolute atomic E-state index is 12.9. The summed E-state index contributed by atoms with van der Waals surface area (Å²) in [6, 6.07) is 5.35. The monoisotopic (exact) mass is 449 g/mol. The highest BCUT2D eigenvalue weighted by Crippen LogP contribution is 2.31. The Labute approximate surface area is 176 Å². The fourth-order valence-electron chi connectivity index (χ4n) is 3.48. The van der Waals surface area contributed by atoms with Crippen molar-refractivity contribution in [3.05, 3.63) is 35.4 Å². The summed E-state index contributed by atoms with van der Waals surface area (Å²) in [5, 5.41) is 6.20. The summed E-state index contributed by atoms with van der Waals surface area (Å²) in [6.45, 7) is 3.36. The summed E-state index contributed by atoms with van der Waals surface area (Å²) in [5.74, 6) is 0.372. The quantitative estimate of drug-likeness (QED) is 0.494. The van der Waals surface area contributed by atoms with E-state index in [0.717, 1.165) is 6.07 Å². The number of ether oxygens (including phenoxy) is 1. The van der Waals surface area contributed by atoms with Crippen LogP contribution in [0.1, 0.15) is 43.2 Å². The van der Waals surface area contributed by atoms with Crippen molar-refractivity contribution in [3.8, 4) is 0 Å². The summed E-state index contributed by atoms with van der Waals surface area (Å²) in [4.78, 5) is 4.12. The Morgan fingerprint density at radius 2 is 1.93 bits per heavy atom. The first-order valence-corrected chi connectivity index (χ1v) is 11.8. The summed E-state index contributed by atoms with van der Waals surface area (Å²) in [5.41, 5.74) is -0.0346. The van der Waals surface area contributed by atoms with Crippen LogP contribution in [0, 0.1) is 0 Å². The van der Waals surface area contributed by atoms with E-state index in [9.17, 15) is 21.6 Å². The second kappa shape index (κ2) is 10.00. The number of hydrogen-bond acceptors (Lipinski definition) is 4. The number of sulfone groups is 1. The minimum absolute atomic E-state index is 0.0873. The molecule has 1 fully saturated rings. The molecule has 30 heavy (non-hydrogen) atoms. The average molecular weight is 450 g/mol. The van der Waals surface area contributed by atoms with Crippen molar-refractivity contribution in [2.24, 2.45) is 4.99 Å². The van der Waals surface area contributed by atoms with Crippen LogP contribution in [-0.2, 0) is 20.8 Å². The minimum Gasteiger partial charge on any atom is -0.381 e. The summed E-state index contributed by atoms with van der Waals surface area (Å²) in [6.07, 6.45) is -1.69. The van der Waals surface area contributed by atoms with Gasteiger partial charge in [0.1, 0.15) is 0 Å². The molecule has 0 bridgehead atoms. The van der Waals surface area contributed by atoms with E-state index in [2.05, 4.69) is 15.6 Å². The van der Waals surface area contributed by atoms with E-state index in [-0.39, 0.29) is 12.5 Å². The molecule has 0 radical (unpaired) electrons. The number of aliphatic imine (C=N–C) groups is 1. The molecule has 1 heterocycles. The molecule has 1 saturated heterocycles. The smallest absolute Gasteiger partial charge is 0.381 e. The highest BCUT2D eigenvalue weighted by atomic mass is 32.2. The summed E-state index contributed by atoms with van der Waals surface area (Å²) in [7, 11) is -1.71. The van der Waals surface area contributed by atoms with Gasteiger partial charge in [0, 0.05) is 39.6 Å². The van der Waals surface area contributed by atoms with Crippen molar-refractivity contribution in [1.29, 1.82) is 0 Å². The molecule has 10 heteroatoms. The van der Waals surface area contributed by atoms with Crippen molar-refractivity contribution in [3.63, 3.8) is 0 Å². The SMILES string of the molecule is CN=C(NCCC(C)c1cccc(C(F)(F)F)c1)NCC1(S(C)(=O)=O)CCOCC1. The van der Waals surface area contributed by atoms with Crippen LogP contribution >= 0.6 is 0 Å². The van der Waals surface area contributed by atoms with Gasteiger partial charge < -0.3 is 15.4 Å². The van der Waals surface area contributed by atoms with Gasteiger partial charge in [0.05, 0.1) is 10.3 Å². The standard InChI is InChI=1S/C20H30F3N3O3S/c1-15(16-5-4-6-17(13-16)20(21,22)23)7-10-25-18(24-2)26-14-19(30(3,27)28)8-11-29-12-9-19/h4-6,13,15H,7-12,14H2,1-3H3,(H2,24,25,26). The number of nitrogens with one attached hydrogen (secondary N) is 2. The number of rotatable bonds is 7. The minimum atomic E-state index is -4.36. The Hall–Kier alpha value is -1.81. The van der Waals surface area contributed by atoms with Crippen LogP contribution in [0.3, 0.4) is 0 Å². The molecule has 0 aromatic heterocycles. The van der Waals surface area contributed by atoms with Crippen LogP contribution in [0.2, 0.25) is 0 Å². The van der Waals surface area contributed by atoms with E-state index < -0.39 is 26.3 Å². The molecule has 1 aromatic carbocycles. The van der Waals surface area contributed by atoms with Gasteiger partial charge in [-0.2, -0.15) is 13.2 Å². The molecule has 0 spiro atoms. The van der Waals surface area contributed by atoms with Gasteiger partial charge in [-0.15, -0.1) is 0 Å². The Morgan fingerprint density at radius 1 is 1.27 bits per heavy atom. The number of halogens is 3. The van der Waals surface area contributed by atoms with Crippen molar-refractivity contribution >= 4 is 15.8 Å². The van der Waals surface area contributed by atoms with Gasteiger partial charge in [0.15, 0.2) is 15.8 Å². The number of nitrogens with zero attached hydrogens (tertiary/aromatic N) is 1. The Kier molecular flexibility index (Phi) is 8.15. The lowest BCUT2D eigenvalue weighted by atomic mass is 9.96. The highest BCUT2D eigenvalue weighted by molar-refractivity contribution is 7.92. The zero-order valence-corrected chi connectivity index (χ0v) is 18.4. The first kappa shape index (κ1) is 24.5. The van der Waals surface area contributed by atoms with Crippen LogP contribution in [0.4, 0.5) is 13.2 Å². The first-order chi connectivity index (χ1) is 14.0. The molecule has 1 aromatic rings. The molecule has 2 rings (SSSR count). The molecule has 0 amide bonds. The van der Waals surface area contributed by atoms with Crippen LogP contribution in [0.5, 0.6) is 0 Å². The fourth-order valence-corrected chi connectivity index (χ4v) is 4.73. The zero-order chi connectivity index (χ0) is 22.4. The van der Waals surface area contributed by atoms with Gasteiger partial charge >= 0.3 is 6.18 Å². The maximum Gasteiger partial charge on any atom is 0.416 e. The van der Waals surface area contributed by atoms with Crippen molar-refractivity contribution in [1.82, 2.24) is 10.6 Å². The predicted octanol–water partition coefficient (Wildman–Crippen LogP) is 2.96. The predicted molar refractivity (Wildman–Crippen MR) is 111 cm³/mol. The van der Waals surface area contributed by atoms with E-state index in [1.54, 1.807) is 13.1 Å². The molecule has 1 atom stereocenters. The van der Waals surface area contributed by atoms with Gasteiger partial charge in [0.25, 0.3) is 0 Å². The van der Waals surface area contributed by atoms with Gasteiger partial charge in [0.2, 0.25) is 0 Å². The topological polar surface area (TPSA) is 79.8 Å². The van der Waals surface area contributed by atoms with Crippen molar-refractivity contribution < 1.29 is 26.3 Å². The number of guanidine groups is 1. The Morgan fingerprint density at radius 3 is 2.50 bits per heavy atom. The molecule has 0 saturated carbocycles. The van der Waals surface area contributed by atoms with Gasteiger partial charge in [-0.1, -0.05) is 25.1 Å². The largest absolute Gasteiger partial charge is 0.416 e. The number of alkyl halides is 3. The fraction of sp³-hybridized carbons (Fsp3) is 0.650. The third-order valence-electron chi connectivity index (χ3n) is 5.64. The summed E-state index contributed by atoms with van der Waals surface area (Å²) >= 11 is 0. The Bertz CT molecular complexity index is 835. The average Bonchev–Trinajstić information content (AvgIpc) is 2.69. The maximum atomic E-state index is 12.9. The highest BCUT2D eigenvalue weighted by Gasteiger charge is 2.42. The Balaban J connectivity index is 1.90. The van der Waals surface area contributed by atoms with E-state index in [4.69, 9.17) is 4.74 Å². The molecule has 6 nitrogen and oxygen atoms in total. The van der Waals surface area contributed by atoms with Gasteiger partial charge in [-0.25, -0.2) is 8.42 Å². The number of benzene rings is 1. The second-order valence-electron chi connectivity index (χ2n) is 7.73. The van der Waals surface area contributed by atoms with E-state index in [1.807, 2.05) is 6.92 Å². The lowest BCUT2D eigenvalue weighted by molar-refractivity contribution is -0.137. The molecule has 170 valence electrons. The molecule has 0 aliphatic carbocycles. The van der Waals surface area contributed by atoms with Crippen molar-refractivity contribution in [2.75, 3.05) is 39.6 Å². The van der Waals surface area contributed by atoms with Crippen LogP contribution in [-0.4, -0.2) is 58.7 Å². The van der Waals surface area contributed by atoms with Crippen LogP contribution in [0.15, 0.2) is 29.3 Å². The molecule has 1 unspecified atom stereocenters. The molecular weight excluding hydrogens is 419 g/mol. The summed E-state index contributed by atoms with van der Waals surface area (Å²) < 4.78 is 67.8. The molecule has 1 aliphatic heterocycles. The molecular formula is C20H30F3N3O3S. The van der Waals surface area contributed by atoms with E-state index in [0.29, 0.717) is 50.5 Å². The van der Waals surface area contributed by atoms with E-state index >= 15 is 0 Å². The first-order valence-electron chi connectivity index (χ1n) is 9.87. The molecule has 1 aliphatic rings. The lowest BCUT2D eigenvalue weighted by Crippen LogP contribution is -2.53. The van der Waals surface area contributed by atoms with Gasteiger partial charge in [-0.3, -0.25) is 4.99 Å². The lowest BCUT2D eigenvalue weighted by Gasteiger charge is -2.35. The third kappa shape index (κ3) is 6.34. The number of hydrogen-bond donors (Lipinski definition) is 2. The van der Waals surface area contributed by atoms with E-state index in [1.165, 1.54) is 18.4 Å². The zero-order valence-electron chi connectivity index (χ0n) is 17.6. The van der Waals surface area contributed by atoms with Crippen LogP contribution < -0.4 is 10.6 Å². The normalized spacial score (nSPS) is 18.7. The van der Waals surface area contributed by atoms with Crippen LogP contribution in [0.25, 0.3) is 0 Å².